The molecule has 11 nitrogen and oxygen atoms in total. The van der Waals surface area contributed by atoms with Gasteiger partial charge in [0.25, 0.3) is 11.6 Å². The van der Waals surface area contributed by atoms with E-state index < -0.39 is 59.9 Å². The van der Waals surface area contributed by atoms with Gasteiger partial charge in [0.05, 0.1) is 0 Å². The largest absolute Gasteiger partial charge is 0.458 e. The lowest BCUT2D eigenvalue weighted by molar-refractivity contribution is -0.236. The summed E-state index contributed by atoms with van der Waals surface area (Å²) in [5.41, 5.74) is 6.26. The minimum atomic E-state index is -3.35. The molecule has 154 valence electrons. The number of rotatable bonds is 5. The summed E-state index contributed by atoms with van der Waals surface area (Å²) >= 11 is 0. The first-order valence-electron chi connectivity index (χ1n) is 8.04. The van der Waals surface area contributed by atoms with Crippen LogP contribution in [0.3, 0.4) is 0 Å². The molecular weight excluding hydrogens is 384 g/mol. The molecule has 0 aliphatic carbocycles. The molecule has 0 unspecified atom stereocenters. The van der Waals surface area contributed by atoms with Gasteiger partial charge >= 0.3 is 11.7 Å². The van der Waals surface area contributed by atoms with E-state index in [1.807, 2.05) is 0 Å². The zero-order valence-corrected chi connectivity index (χ0v) is 14.9. The van der Waals surface area contributed by atoms with Gasteiger partial charge in [0.1, 0.15) is 30.1 Å². The zero-order valence-electron chi connectivity index (χ0n) is 14.9. The predicted octanol–water partition coefficient (Wildman–Crippen LogP) is -1.91. The SMILES string of the molecule is CC(C)[C@H](N)C(=O)OC[C@@]1(F)O[C@@](C#N)(n2c(F)cc(N)nc2=O)[C@H](O)[C@@H]1O. The highest BCUT2D eigenvalue weighted by atomic mass is 19.2. The topological polar surface area (TPSA) is 187 Å². The second-order valence-electron chi connectivity index (χ2n) is 6.59. The molecule has 1 saturated heterocycles. The number of carbonyl (C=O) groups excluding carboxylic acids is 1. The molecule has 2 heterocycles. The van der Waals surface area contributed by atoms with Crippen LogP contribution in [-0.4, -0.2) is 56.4 Å². The number of halogens is 2. The van der Waals surface area contributed by atoms with Gasteiger partial charge in [-0.1, -0.05) is 13.8 Å². The molecular formula is C15H19F2N5O6. The molecule has 1 aromatic rings. The van der Waals surface area contributed by atoms with Gasteiger partial charge in [-0.05, 0) is 5.92 Å². The Morgan fingerprint density at radius 3 is 2.64 bits per heavy atom. The van der Waals surface area contributed by atoms with Gasteiger partial charge < -0.3 is 26.4 Å². The highest BCUT2D eigenvalue weighted by Crippen LogP contribution is 2.42. The van der Waals surface area contributed by atoms with E-state index in [0.29, 0.717) is 6.07 Å². The van der Waals surface area contributed by atoms with Crippen LogP contribution in [0.5, 0.6) is 0 Å². The summed E-state index contributed by atoms with van der Waals surface area (Å²) in [4.78, 5) is 27.0. The quantitative estimate of drug-likeness (QED) is 0.319. The van der Waals surface area contributed by atoms with E-state index in [1.54, 1.807) is 13.8 Å². The van der Waals surface area contributed by atoms with Crippen LogP contribution in [0.25, 0.3) is 0 Å². The molecule has 13 heteroatoms. The Balaban J connectivity index is 2.40. The van der Waals surface area contributed by atoms with Crippen molar-refractivity contribution in [2.24, 2.45) is 11.7 Å². The van der Waals surface area contributed by atoms with Crippen molar-refractivity contribution in [3.8, 4) is 6.07 Å². The number of esters is 1. The lowest BCUT2D eigenvalue weighted by atomic mass is 10.0. The molecule has 0 spiro atoms. The fourth-order valence-electron chi connectivity index (χ4n) is 2.57. The average Bonchev–Trinajstić information content (AvgIpc) is 2.80. The number of nitrogens with two attached hydrogens (primary N) is 2. The summed E-state index contributed by atoms with van der Waals surface area (Å²) in [5.74, 6) is -6.76. The minimum Gasteiger partial charge on any atom is -0.458 e. The molecule has 1 fully saturated rings. The van der Waals surface area contributed by atoms with Crippen LogP contribution in [0.15, 0.2) is 10.9 Å². The molecule has 0 amide bonds. The number of anilines is 1. The van der Waals surface area contributed by atoms with Gasteiger partial charge in [0, 0.05) is 6.07 Å². The molecule has 0 radical (unpaired) electrons. The first kappa shape index (κ1) is 21.6. The summed E-state index contributed by atoms with van der Waals surface area (Å²) < 4.78 is 38.7. The summed E-state index contributed by atoms with van der Waals surface area (Å²) in [6.07, 6.45) is -4.93. The molecule has 0 bridgehead atoms. The van der Waals surface area contributed by atoms with E-state index in [2.05, 4.69) is 9.72 Å². The highest BCUT2D eigenvalue weighted by molar-refractivity contribution is 5.75. The van der Waals surface area contributed by atoms with Crippen molar-refractivity contribution in [3.63, 3.8) is 0 Å². The Bertz CT molecular complexity index is 873. The fraction of sp³-hybridized carbons (Fsp3) is 0.600. The standard InChI is InChI=1S/C15H19F2N5O6/c1-6(2)9(20)12(25)27-5-14(17)10(23)11(24)15(4-18,28-14)22-7(16)3-8(19)21-13(22)26/h3,6,9-11,23-24H,5,20H2,1-2H3,(H2,19,21,26)/t9-,10-,11+,14+,15+/m0/s1. The van der Waals surface area contributed by atoms with E-state index in [9.17, 15) is 29.5 Å². The van der Waals surface area contributed by atoms with Gasteiger partial charge in [-0.3, -0.25) is 9.53 Å². The molecule has 2 rings (SSSR count). The number of nitriles is 1. The van der Waals surface area contributed by atoms with E-state index in [4.69, 9.17) is 16.2 Å². The van der Waals surface area contributed by atoms with E-state index in [0.717, 1.165) is 0 Å². The minimum absolute atomic E-state index is 0.0970. The molecule has 6 N–H and O–H groups in total. The van der Waals surface area contributed by atoms with Crippen molar-refractivity contribution < 1.29 is 33.3 Å². The van der Waals surface area contributed by atoms with Crippen LogP contribution in [-0.2, 0) is 20.0 Å². The molecule has 1 aliphatic heterocycles. The van der Waals surface area contributed by atoms with Crippen LogP contribution >= 0.6 is 0 Å². The van der Waals surface area contributed by atoms with Gasteiger partial charge in [-0.25, -0.2) is 13.8 Å². The monoisotopic (exact) mass is 403 g/mol. The maximum Gasteiger partial charge on any atom is 0.355 e. The fourth-order valence-corrected chi connectivity index (χ4v) is 2.57. The van der Waals surface area contributed by atoms with Crippen molar-refractivity contribution >= 4 is 11.8 Å². The third-order valence-corrected chi connectivity index (χ3v) is 4.26. The molecule has 28 heavy (non-hydrogen) atoms. The number of nitrogens with zero attached hydrogens (tertiary/aromatic N) is 3. The maximum absolute atomic E-state index is 15.1. The summed E-state index contributed by atoms with van der Waals surface area (Å²) in [5, 5.41) is 29.6. The van der Waals surface area contributed by atoms with Crippen LogP contribution in [0.2, 0.25) is 0 Å². The Morgan fingerprint density at radius 2 is 2.14 bits per heavy atom. The van der Waals surface area contributed by atoms with Gasteiger partial charge in [0.2, 0.25) is 5.95 Å². The van der Waals surface area contributed by atoms with Crippen LogP contribution < -0.4 is 17.2 Å². The van der Waals surface area contributed by atoms with Crippen LogP contribution in [0.4, 0.5) is 14.6 Å². The lowest BCUT2D eigenvalue weighted by Gasteiger charge is -2.27. The third-order valence-electron chi connectivity index (χ3n) is 4.26. The number of hydrogen-bond donors (Lipinski definition) is 4. The number of aliphatic hydroxyl groups is 2. The Labute approximate surface area is 157 Å². The average molecular weight is 403 g/mol. The summed E-state index contributed by atoms with van der Waals surface area (Å²) in [6, 6.07) is 0.678. The number of aromatic nitrogens is 2. The number of hydrogen-bond acceptors (Lipinski definition) is 10. The van der Waals surface area contributed by atoms with E-state index in [-0.39, 0.29) is 10.5 Å². The van der Waals surface area contributed by atoms with Crippen LogP contribution in [0.1, 0.15) is 13.8 Å². The molecule has 0 saturated carbocycles. The molecule has 0 aromatic carbocycles. The van der Waals surface area contributed by atoms with Crippen molar-refractivity contribution in [1.82, 2.24) is 9.55 Å². The van der Waals surface area contributed by atoms with Crippen molar-refractivity contribution in [1.29, 1.82) is 5.26 Å². The molecule has 1 aliphatic rings. The maximum atomic E-state index is 15.1. The van der Waals surface area contributed by atoms with Crippen molar-refractivity contribution in [2.75, 3.05) is 12.3 Å². The number of ether oxygens (including phenoxy) is 2. The third kappa shape index (κ3) is 3.42. The van der Waals surface area contributed by atoms with E-state index in [1.165, 1.54) is 6.07 Å². The highest BCUT2D eigenvalue weighted by Gasteiger charge is 2.66. The normalized spacial score (nSPS) is 30.8. The van der Waals surface area contributed by atoms with Crippen molar-refractivity contribution in [2.45, 2.75) is 43.7 Å². The van der Waals surface area contributed by atoms with Crippen LogP contribution in [0, 0.1) is 23.2 Å². The Morgan fingerprint density at radius 1 is 1.54 bits per heavy atom. The second kappa shape index (κ2) is 7.40. The first-order valence-corrected chi connectivity index (χ1v) is 8.04. The number of carbonyl (C=O) groups is 1. The summed E-state index contributed by atoms with van der Waals surface area (Å²) in [7, 11) is 0. The lowest BCUT2D eigenvalue weighted by Crippen LogP contribution is -2.51. The Kier molecular flexibility index (Phi) is 5.72. The molecule has 1 aromatic heterocycles. The Hall–Kier alpha value is -2.66. The molecule has 5 atom stereocenters. The van der Waals surface area contributed by atoms with Crippen molar-refractivity contribution in [3.05, 3.63) is 22.5 Å². The number of nitrogen functional groups attached to an aromatic ring is 1. The van der Waals surface area contributed by atoms with Gasteiger partial charge in [0.15, 0.2) is 6.61 Å². The smallest absolute Gasteiger partial charge is 0.355 e. The predicted molar refractivity (Wildman–Crippen MR) is 87.2 cm³/mol. The second-order valence-corrected chi connectivity index (χ2v) is 6.59. The van der Waals surface area contributed by atoms with Gasteiger partial charge in [-0.2, -0.15) is 14.6 Å². The first-order chi connectivity index (χ1) is 12.9. The number of aliphatic hydroxyl groups excluding tert-OH is 2. The number of alkyl halides is 1. The van der Waals surface area contributed by atoms with E-state index >= 15 is 4.39 Å². The van der Waals surface area contributed by atoms with Gasteiger partial charge in [-0.15, -0.1) is 0 Å². The zero-order chi connectivity index (χ0) is 21.4. The summed E-state index contributed by atoms with van der Waals surface area (Å²) in [6.45, 7) is 1.92.